The summed E-state index contributed by atoms with van der Waals surface area (Å²) in [7, 11) is 0. The number of aryl methyl sites for hydroxylation is 1. The van der Waals surface area contributed by atoms with Crippen molar-refractivity contribution in [1.29, 1.82) is 0 Å². The second kappa shape index (κ2) is 6.08. The molecule has 1 heteroatoms. The molecule has 78 valence electrons. The van der Waals surface area contributed by atoms with E-state index in [9.17, 15) is 0 Å². The van der Waals surface area contributed by atoms with Gasteiger partial charge in [-0.15, -0.1) is 11.6 Å². The van der Waals surface area contributed by atoms with Crippen molar-refractivity contribution in [3.05, 3.63) is 35.4 Å². The molecule has 0 amide bonds. The fraction of sp³-hybridized carbons (Fsp3) is 0.538. The Hall–Kier alpha value is -0.490. The Bertz CT molecular complexity index is 250. The smallest absolute Gasteiger partial charge is 0.0252 e. The first-order chi connectivity index (χ1) is 6.76. The van der Waals surface area contributed by atoms with Crippen LogP contribution in [0.3, 0.4) is 0 Å². The summed E-state index contributed by atoms with van der Waals surface area (Å²) in [5, 5.41) is 0. The van der Waals surface area contributed by atoms with E-state index in [4.69, 9.17) is 11.6 Å². The molecule has 0 saturated heterocycles. The third kappa shape index (κ3) is 3.71. The summed E-state index contributed by atoms with van der Waals surface area (Å²) < 4.78 is 0. The Balaban J connectivity index is 2.54. The number of rotatable bonds is 5. The molecule has 0 aromatic heterocycles. The van der Waals surface area contributed by atoms with Crippen molar-refractivity contribution in [2.75, 3.05) is 5.88 Å². The second-order valence-electron chi connectivity index (χ2n) is 4.03. The van der Waals surface area contributed by atoms with Crippen LogP contribution in [0.2, 0.25) is 0 Å². The van der Waals surface area contributed by atoms with Gasteiger partial charge in [-0.1, -0.05) is 44.5 Å². The van der Waals surface area contributed by atoms with E-state index in [1.807, 2.05) is 0 Å². The molecule has 0 radical (unpaired) electrons. The number of halogens is 1. The monoisotopic (exact) mass is 210 g/mol. The van der Waals surface area contributed by atoms with E-state index in [1.54, 1.807) is 0 Å². The molecule has 1 rings (SSSR count). The first-order valence-corrected chi connectivity index (χ1v) is 5.93. The Morgan fingerprint density at radius 1 is 1.14 bits per heavy atom. The lowest BCUT2D eigenvalue weighted by molar-refractivity contribution is 0.654. The number of hydrogen-bond acceptors (Lipinski definition) is 0. The lowest BCUT2D eigenvalue weighted by atomic mass is 10.0. The van der Waals surface area contributed by atoms with Gasteiger partial charge in [0.15, 0.2) is 0 Å². The lowest BCUT2D eigenvalue weighted by Crippen LogP contribution is -2.00. The van der Waals surface area contributed by atoms with Gasteiger partial charge in [-0.3, -0.25) is 0 Å². The molecular weight excluding hydrogens is 192 g/mol. The molecule has 1 unspecified atom stereocenters. The molecule has 0 fully saturated rings. The molecule has 1 aromatic rings. The van der Waals surface area contributed by atoms with Crippen LogP contribution in [0.25, 0.3) is 0 Å². The first kappa shape index (κ1) is 11.6. The molecule has 0 nitrogen and oxygen atoms in total. The molecule has 0 bridgehead atoms. The van der Waals surface area contributed by atoms with Crippen LogP contribution in [0.5, 0.6) is 0 Å². The maximum atomic E-state index is 5.78. The average molecular weight is 211 g/mol. The Labute approximate surface area is 92.3 Å². The molecule has 0 N–H and O–H groups in total. The van der Waals surface area contributed by atoms with E-state index in [2.05, 4.69) is 38.1 Å². The SMILES string of the molecule is CCCc1ccc(CC(C)CCl)cc1. The molecule has 0 spiro atoms. The second-order valence-corrected chi connectivity index (χ2v) is 4.34. The quantitative estimate of drug-likeness (QED) is 0.644. The van der Waals surface area contributed by atoms with Gasteiger partial charge in [0.25, 0.3) is 0 Å². The molecule has 1 aromatic carbocycles. The Morgan fingerprint density at radius 3 is 2.21 bits per heavy atom. The van der Waals surface area contributed by atoms with Crippen LogP contribution < -0.4 is 0 Å². The fourth-order valence-corrected chi connectivity index (χ4v) is 1.70. The van der Waals surface area contributed by atoms with Gasteiger partial charge >= 0.3 is 0 Å². The van der Waals surface area contributed by atoms with Crippen LogP contribution in [0.1, 0.15) is 31.4 Å². The van der Waals surface area contributed by atoms with Gasteiger partial charge in [-0.2, -0.15) is 0 Å². The van der Waals surface area contributed by atoms with Crippen LogP contribution >= 0.6 is 11.6 Å². The van der Waals surface area contributed by atoms with E-state index >= 15 is 0 Å². The van der Waals surface area contributed by atoms with Crippen LogP contribution in [0.15, 0.2) is 24.3 Å². The molecule has 0 aliphatic heterocycles. The predicted octanol–water partition coefficient (Wildman–Crippen LogP) is 4.06. The van der Waals surface area contributed by atoms with Gasteiger partial charge < -0.3 is 0 Å². The van der Waals surface area contributed by atoms with Crippen molar-refractivity contribution in [2.24, 2.45) is 5.92 Å². The summed E-state index contributed by atoms with van der Waals surface area (Å²) in [6, 6.07) is 8.93. The van der Waals surface area contributed by atoms with E-state index in [1.165, 1.54) is 24.0 Å². The highest BCUT2D eigenvalue weighted by molar-refractivity contribution is 6.18. The molecule has 14 heavy (non-hydrogen) atoms. The number of alkyl halides is 1. The molecule has 0 aliphatic rings. The molecule has 0 aliphatic carbocycles. The van der Waals surface area contributed by atoms with Crippen molar-refractivity contribution >= 4 is 11.6 Å². The number of hydrogen-bond donors (Lipinski definition) is 0. The summed E-state index contributed by atoms with van der Waals surface area (Å²) in [5.74, 6) is 1.32. The van der Waals surface area contributed by atoms with Gasteiger partial charge in [0.1, 0.15) is 0 Å². The largest absolute Gasteiger partial charge is 0.126 e. The Kier molecular flexibility index (Phi) is 5.03. The average Bonchev–Trinajstić information content (AvgIpc) is 2.21. The lowest BCUT2D eigenvalue weighted by Gasteiger charge is -2.07. The highest BCUT2D eigenvalue weighted by atomic mass is 35.5. The summed E-state index contributed by atoms with van der Waals surface area (Å²) >= 11 is 5.78. The van der Waals surface area contributed by atoms with E-state index in [0.717, 1.165) is 12.3 Å². The van der Waals surface area contributed by atoms with Crippen molar-refractivity contribution < 1.29 is 0 Å². The summed E-state index contributed by atoms with van der Waals surface area (Å²) in [4.78, 5) is 0. The zero-order valence-corrected chi connectivity index (χ0v) is 9.85. The van der Waals surface area contributed by atoms with Crippen LogP contribution in [0, 0.1) is 5.92 Å². The van der Waals surface area contributed by atoms with E-state index in [-0.39, 0.29) is 0 Å². The zero-order chi connectivity index (χ0) is 10.4. The maximum Gasteiger partial charge on any atom is 0.0252 e. The first-order valence-electron chi connectivity index (χ1n) is 5.40. The van der Waals surface area contributed by atoms with Crippen molar-refractivity contribution in [1.82, 2.24) is 0 Å². The summed E-state index contributed by atoms with van der Waals surface area (Å²) in [6.45, 7) is 4.40. The number of benzene rings is 1. The fourth-order valence-electron chi connectivity index (χ4n) is 1.59. The van der Waals surface area contributed by atoms with Crippen molar-refractivity contribution in [3.8, 4) is 0 Å². The van der Waals surface area contributed by atoms with Gasteiger partial charge in [-0.25, -0.2) is 0 Å². The van der Waals surface area contributed by atoms with E-state index < -0.39 is 0 Å². The van der Waals surface area contributed by atoms with Crippen molar-refractivity contribution in [2.45, 2.75) is 33.1 Å². The maximum absolute atomic E-state index is 5.78. The standard InChI is InChI=1S/C13H19Cl/c1-3-4-12-5-7-13(8-6-12)9-11(2)10-14/h5-8,11H,3-4,9-10H2,1-2H3. The minimum absolute atomic E-state index is 0.577. The highest BCUT2D eigenvalue weighted by Crippen LogP contribution is 2.12. The molecular formula is C13H19Cl. The topological polar surface area (TPSA) is 0 Å². The van der Waals surface area contributed by atoms with Gasteiger partial charge in [0.2, 0.25) is 0 Å². The third-order valence-corrected chi connectivity index (χ3v) is 2.94. The highest BCUT2D eigenvalue weighted by Gasteiger charge is 2.01. The van der Waals surface area contributed by atoms with Gasteiger partial charge in [0, 0.05) is 5.88 Å². The predicted molar refractivity (Wildman–Crippen MR) is 64.0 cm³/mol. The zero-order valence-electron chi connectivity index (χ0n) is 9.09. The minimum Gasteiger partial charge on any atom is -0.126 e. The van der Waals surface area contributed by atoms with Gasteiger partial charge in [-0.05, 0) is 29.9 Å². The van der Waals surface area contributed by atoms with Crippen LogP contribution in [0.4, 0.5) is 0 Å². The molecule has 0 saturated carbocycles. The minimum atomic E-state index is 0.577. The van der Waals surface area contributed by atoms with Crippen LogP contribution in [-0.4, -0.2) is 5.88 Å². The van der Waals surface area contributed by atoms with Gasteiger partial charge in [0.05, 0.1) is 0 Å². The van der Waals surface area contributed by atoms with E-state index in [0.29, 0.717) is 5.92 Å². The molecule has 0 heterocycles. The summed E-state index contributed by atoms with van der Waals surface area (Å²) in [6.07, 6.45) is 3.50. The summed E-state index contributed by atoms with van der Waals surface area (Å²) in [5.41, 5.74) is 2.84. The Morgan fingerprint density at radius 2 is 1.71 bits per heavy atom. The normalized spacial score (nSPS) is 12.8. The molecule has 1 atom stereocenters. The van der Waals surface area contributed by atoms with Crippen LogP contribution in [-0.2, 0) is 12.8 Å². The third-order valence-electron chi connectivity index (χ3n) is 2.41. The van der Waals surface area contributed by atoms with Crippen molar-refractivity contribution in [3.63, 3.8) is 0 Å².